The molecule has 29 heavy (non-hydrogen) atoms. The van der Waals surface area contributed by atoms with Crippen molar-refractivity contribution >= 4 is 0 Å². The van der Waals surface area contributed by atoms with Crippen molar-refractivity contribution in [1.82, 2.24) is 0 Å². The van der Waals surface area contributed by atoms with Gasteiger partial charge >= 0.3 is 0 Å². The van der Waals surface area contributed by atoms with Gasteiger partial charge in [0.15, 0.2) is 0 Å². The second kappa shape index (κ2) is 7.76. The second-order valence-electron chi connectivity index (χ2n) is 11.8. The van der Waals surface area contributed by atoms with Gasteiger partial charge in [0.2, 0.25) is 0 Å². The molecule has 4 nitrogen and oxygen atoms in total. The molecule has 0 aromatic rings. The Morgan fingerprint density at radius 2 is 1.62 bits per heavy atom. The molecule has 4 heteroatoms. The quantitative estimate of drug-likeness (QED) is 0.598. The topological polar surface area (TPSA) is 69.9 Å². The molecule has 0 aromatic carbocycles. The van der Waals surface area contributed by atoms with Crippen LogP contribution in [-0.4, -0.2) is 46.8 Å². The van der Waals surface area contributed by atoms with Crippen molar-refractivity contribution in [3.05, 3.63) is 0 Å². The SMILES string of the molecule is COCCC[C@](C)(O)[C@H]1CC[C@H]2[C@@H]3C[C@H](O)[C@H]4C[C@@H](O)CC[C@]4(C)[C@H]3CC[C@@]21C. The first-order valence-corrected chi connectivity index (χ1v) is 12.2. The Kier molecular flexibility index (Phi) is 5.90. The molecule has 10 atom stereocenters. The lowest BCUT2D eigenvalue weighted by atomic mass is 9.43. The van der Waals surface area contributed by atoms with Crippen LogP contribution >= 0.6 is 0 Å². The van der Waals surface area contributed by atoms with Crippen molar-refractivity contribution in [1.29, 1.82) is 0 Å². The summed E-state index contributed by atoms with van der Waals surface area (Å²) in [6.07, 6.45) is 9.55. The lowest BCUT2D eigenvalue weighted by Crippen LogP contribution is -2.59. The fraction of sp³-hybridized carbons (Fsp3) is 1.00. The van der Waals surface area contributed by atoms with Crippen LogP contribution in [0.3, 0.4) is 0 Å². The van der Waals surface area contributed by atoms with Gasteiger partial charge in [0, 0.05) is 13.7 Å². The van der Waals surface area contributed by atoms with Crippen LogP contribution in [0.4, 0.5) is 0 Å². The first-order valence-electron chi connectivity index (χ1n) is 12.2. The van der Waals surface area contributed by atoms with Gasteiger partial charge in [0.25, 0.3) is 0 Å². The van der Waals surface area contributed by atoms with E-state index in [9.17, 15) is 15.3 Å². The van der Waals surface area contributed by atoms with Gasteiger partial charge < -0.3 is 20.1 Å². The Bertz CT molecular complexity index is 591. The fourth-order valence-electron chi connectivity index (χ4n) is 9.05. The van der Waals surface area contributed by atoms with E-state index in [4.69, 9.17) is 4.74 Å². The molecule has 4 aliphatic carbocycles. The van der Waals surface area contributed by atoms with E-state index < -0.39 is 5.60 Å². The van der Waals surface area contributed by atoms with Crippen molar-refractivity contribution in [2.24, 2.45) is 40.4 Å². The summed E-state index contributed by atoms with van der Waals surface area (Å²) < 4.78 is 5.23. The molecule has 0 aromatic heterocycles. The zero-order chi connectivity index (χ0) is 21.0. The van der Waals surface area contributed by atoms with E-state index in [2.05, 4.69) is 20.8 Å². The predicted octanol–water partition coefficient (Wildman–Crippen LogP) is 4.15. The summed E-state index contributed by atoms with van der Waals surface area (Å²) >= 11 is 0. The molecule has 0 aliphatic heterocycles. The number of methoxy groups -OCH3 is 1. The molecular weight excluding hydrogens is 364 g/mol. The minimum atomic E-state index is -0.635. The first-order chi connectivity index (χ1) is 13.6. The summed E-state index contributed by atoms with van der Waals surface area (Å²) in [5.41, 5.74) is -0.291. The van der Waals surface area contributed by atoms with Crippen molar-refractivity contribution in [3.8, 4) is 0 Å². The summed E-state index contributed by atoms with van der Waals surface area (Å²) in [6.45, 7) is 7.63. The number of aliphatic hydroxyl groups is 3. The number of rotatable bonds is 5. The highest BCUT2D eigenvalue weighted by Gasteiger charge is 2.63. The Balaban J connectivity index is 1.55. The van der Waals surface area contributed by atoms with Crippen LogP contribution in [-0.2, 0) is 4.74 Å². The molecule has 4 rings (SSSR count). The van der Waals surface area contributed by atoms with Gasteiger partial charge in [-0.05, 0) is 112 Å². The fourth-order valence-corrected chi connectivity index (χ4v) is 9.05. The van der Waals surface area contributed by atoms with E-state index in [0.717, 1.165) is 44.9 Å². The molecule has 0 saturated heterocycles. The van der Waals surface area contributed by atoms with Gasteiger partial charge in [-0.3, -0.25) is 0 Å². The number of hydrogen-bond donors (Lipinski definition) is 3. The van der Waals surface area contributed by atoms with Gasteiger partial charge in [-0.15, -0.1) is 0 Å². The predicted molar refractivity (Wildman–Crippen MR) is 114 cm³/mol. The van der Waals surface area contributed by atoms with Gasteiger partial charge in [0.05, 0.1) is 17.8 Å². The molecule has 0 bridgehead atoms. The highest BCUT2D eigenvalue weighted by atomic mass is 16.5. The Morgan fingerprint density at radius 1 is 0.931 bits per heavy atom. The molecule has 4 saturated carbocycles. The zero-order valence-corrected chi connectivity index (χ0v) is 19.1. The van der Waals surface area contributed by atoms with Crippen LogP contribution in [0.25, 0.3) is 0 Å². The largest absolute Gasteiger partial charge is 0.393 e. The molecule has 168 valence electrons. The minimum absolute atomic E-state index is 0.169. The average molecular weight is 409 g/mol. The number of fused-ring (bicyclic) bond motifs is 5. The summed E-state index contributed by atoms with van der Waals surface area (Å²) in [4.78, 5) is 0. The van der Waals surface area contributed by atoms with E-state index in [1.165, 1.54) is 19.3 Å². The molecule has 0 heterocycles. The average Bonchev–Trinajstić information content (AvgIpc) is 3.02. The summed E-state index contributed by atoms with van der Waals surface area (Å²) in [6, 6.07) is 0. The van der Waals surface area contributed by atoms with Crippen LogP contribution < -0.4 is 0 Å². The van der Waals surface area contributed by atoms with E-state index >= 15 is 0 Å². The van der Waals surface area contributed by atoms with Crippen LogP contribution in [0.2, 0.25) is 0 Å². The lowest BCUT2D eigenvalue weighted by Gasteiger charge is -2.62. The third kappa shape index (κ3) is 3.50. The van der Waals surface area contributed by atoms with Crippen LogP contribution in [0.1, 0.15) is 85.0 Å². The number of hydrogen-bond acceptors (Lipinski definition) is 4. The summed E-state index contributed by atoms with van der Waals surface area (Å²) in [7, 11) is 1.73. The maximum absolute atomic E-state index is 11.4. The highest BCUT2D eigenvalue weighted by molar-refractivity contribution is 5.13. The molecule has 4 aliphatic rings. The van der Waals surface area contributed by atoms with E-state index in [-0.39, 0.29) is 29.0 Å². The third-order valence-electron chi connectivity index (χ3n) is 10.4. The molecule has 0 unspecified atom stereocenters. The van der Waals surface area contributed by atoms with Gasteiger partial charge in [-0.1, -0.05) is 13.8 Å². The Hall–Kier alpha value is -0.160. The Labute approximate surface area is 177 Å². The minimum Gasteiger partial charge on any atom is -0.393 e. The number of aliphatic hydroxyl groups excluding tert-OH is 2. The standard InChI is InChI=1S/C25H44O4/c1-23-11-8-16(26)14-20(23)21(27)15-17-18-6-7-22(24(18,2)12-9-19(17)23)25(3,28)10-5-13-29-4/h16-22,26-28H,5-15H2,1-4H3/t16-,17-,18-,19-,20+,21-,22-,23+,24-,25-/m0/s1. The van der Waals surface area contributed by atoms with Gasteiger partial charge in [0.1, 0.15) is 0 Å². The molecule has 4 fully saturated rings. The maximum Gasteiger partial charge on any atom is 0.0654 e. The van der Waals surface area contributed by atoms with Gasteiger partial charge in [-0.25, -0.2) is 0 Å². The molecule has 0 spiro atoms. The molecular formula is C25H44O4. The van der Waals surface area contributed by atoms with Crippen LogP contribution in [0.5, 0.6) is 0 Å². The Morgan fingerprint density at radius 3 is 2.34 bits per heavy atom. The normalized spacial score (nSPS) is 51.6. The van der Waals surface area contributed by atoms with Gasteiger partial charge in [-0.2, -0.15) is 0 Å². The smallest absolute Gasteiger partial charge is 0.0654 e. The first kappa shape index (κ1) is 22.0. The van der Waals surface area contributed by atoms with E-state index in [1.54, 1.807) is 7.11 Å². The lowest BCUT2D eigenvalue weighted by molar-refractivity contribution is -0.179. The molecule has 3 N–H and O–H groups in total. The third-order valence-corrected chi connectivity index (χ3v) is 10.4. The van der Waals surface area contributed by atoms with Crippen molar-refractivity contribution in [3.63, 3.8) is 0 Å². The molecule has 0 amide bonds. The highest BCUT2D eigenvalue weighted by Crippen LogP contribution is 2.68. The van der Waals surface area contributed by atoms with Crippen molar-refractivity contribution < 1.29 is 20.1 Å². The summed E-state index contributed by atoms with van der Waals surface area (Å²) in [5.74, 6) is 2.44. The molecule has 0 radical (unpaired) electrons. The second-order valence-corrected chi connectivity index (χ2v) is 11.8. The monoisotopic (exact) mass is 408 g/mol. The summed E-state index contributed by atoms with van der Waals surface area (Å²) in [5, 5.41) is 32.8. The number of ether oxygens (including phenoxy) is 1. The zero-order valence-electron chi connectivity index (χ0n) is 19.1. The van der Waals surface area contributed by atoms with E-state index in [1.807, 2.05) is 0 Å². The van der Waals surface area contributed by atoms with Crippen LogP contribution in [0, 0.1) is 40.4 Å². The van der Waals surface area contributed by atoms with Crippen LogP contribution in [0.15, 0.2) is 0 Å². The van der Waals surface area contributed by atoms with Crippen molar-refractivity contribution in [2.75, 3.05) is 13.7 Å². The van der Waals surface area contributed by atoms with E-state index in [0.29, 0.717) is 30.3 Å². The van der Waals surface area contributed by atoms with Crippen molar-refractivity contribution in [2.45, 2.75) is 103 Å². The maximum atomic E-state index is 11.4.